The van der Waals surface area contributed by atoms with Crippen LogP contribution in [0.4, 0.5) is 5.69 Å². The number of carbonyl (C=O) groups is 2. The van der Waals surface area contributed by atoms with Crippen molar-refractivity contribution in [2.24, 2.45) is 5.92 Å². The molecule has 1 aliphatic rings. The van der Waals surface area contributed by atoms with E-state index in [1.807, 2.05) is 44.2 Å². The van der Waals surface area contributed by atoms with Gasteiger partial charge in [0.1, 0.15) is 5.75 Å². The average molecular weight is 366 g/mol. The molecular formula is C22H26N2O3. The van der Waals surface area contributed by atoms with E-state index in [0.29, 0.717) is 37.2 Å². The second-order valence-electron chi connectivity index (χ2n) is 7.02. The van der Waals surface area contributed by atoms with Gasteiger partial charge in [0.2, 0.25) is 5.91 Å². The van der Waals surface area contributed by atoms with E-state index in [1.165, 1.54) is 0 Å². The van der Waals surface area contributed by atoms with Crippen molar-refractivity contribution in [2.45, 2.75) is 26.7 Å². The molecule has 1 fully saturated rings. The first-order chi connectivity index (χ1) is 13.0. The number of nitrogens with zero attached hydrogens (tertiary/aromatic N) is 1. The Bertz CT molecular complexity index is 819. The van der Waals surface area contributed by atoms with Crippen LogP contribution >= 0.6 is 0 Å². The van der Waals surface area contributed by atoms with Gasteiger partial charge in [-0.1, -0.05) is 30.3 Å². The predicted octanol–water partition coefficient (Wildman–Crippen LogP) is 3.80. The molecule has 0 aliphatic carbocycles. The van der Waals surface area contributed by atoms with Crippen molar-refractivity contribution >= 4 is 17.5 Å². The van der Waals surface area contributed by atoms with Crippen LogP contribution in [0.2, 0.25) is 0 Å². The lowest BCUT2D eigenvalue weighted by Gasteiger charge is -2.32. The summed E-state index contributed by atoms with van der Waals surface area (Å²) < 4.78 is 5.29. The van der Waals surface area contributed by atoms with E-state index in [9.17, 15) is 9.59 Å². The van der Waals surface area contributed by atoms with Crippen molar-refractivity contribution < 1.29 is 14.3 Å². The summed E-state index contributed by atoms with van der Waals surface area (Å²) in [6.45, 7) is 5.14. The minimum absolute atomic E-state index is 0.0387. The van der Waals surface area contributed by atoms with Crippen molar-refractivity contribution in [1.82, 2.24) is 4.90 Å². The van der Waals surface area contributed by atoms with Gasteiger partial charge in [0.05, 0.1) is 12.7 Å². The molecule has 0 spiro atoms. The first-order valence-corrected chi connectivity index (χ1v) is 9.30. The van der Waals surface area contributed by atoms with E-state index in [1.54, 1.807) is 24.1 Å². The molecule has 5 heteroatoms. The van der Waals surface area contributed by atoms with Gasteiger partial charge in [-0.15, -0.1) is 0 Å². The van der Waals surface area contributed by atoms with Crippen LogP contribution < -0.4 is 10.1 Å². The molecule has 1 N–H and O–H groups in total. The van der Waals surface area contributed by atoms with Gasteiger partial charge >= 0.3 is 0 Å². The molecular weight excluding hydrogens is 340 g/mol. The summed E-state index contributed by atoms with van der Waals surface area (Å²) in [6.07, 6.45) is 1.33. The number of rotatable bonds is 4. The Morgan fingerprint density at radius 1 is 1.00 bits per heavy atom. The van der Waals surface area contributed by atoms with Crippen LogP contribution in [-0.4, -0.2) is 36.9 Å². The number of nitrogens with one attached hydrogen (secondary N) is 1. The van der Waals surface area contributed by atoms with Gasteiger partial charge in [0.15, 0.2) is 0 Å². The van der Waals surface area contributed by atoms with E-state index in [0.717, 1.165) is 16.8 Å². The monoisotopic (exact) mass is 366 g/mol. The summed E-state index contributed by atoms with van der Waals surface area (Å²) in [7, 11) is 1.57. The molecule has 2 aromatic rings. The maximum atomic E-state index is 12.8. The smallest absolute Gasteiger partial charge is 0.257 e. The number of anilines is 1. The van der Waals surface area contributed by atoms with Crippen molar-refractivity contribution in [2.75, 3.05) is 25.5 Å². The number of aryl methyl sites for hydroxylation is 2. The van der Waals surface area contributed by atoms with E-state index in [4.69, 9.17) is 4.74 Å². The number of methoxy groups -OCH3 is 1. The largest absolute Gasteiger partial charge is 0.496 e. The minimum atomic E-state index is -0.0780. The summed E-state index contributed by atoms with van der Waals surface area (Å²) in [5, 5.41) is 3.08. The first-order valence-electron chi connectivity index (χ1n) is 9.30. The number of hydrogen-bond donors (Lipinski definition) is 1. The topological polar surface area (TPSA) is 58.6 Å². The second-order valence-corrected chi connectivity index (χ2v) is 7.02. The molecule has 0 radical (unpaired) electrons. The van der Waals surface area contributed by atoms with Crippen molar-refractivity contribution in [1.29, 1.82) is 0 Å². The maximum absolute atomic E-state index is 12.8. The Hall–Kier alpha value is -2.82. The van der Waals surface area contributed by atoms with Crippen LogP contribution in [0.25, 0.3) is 0 Å². The quantitative estimate of drug-likeness (QED) is 0.895. The zero-order valence-electron chi connectivity index (χ0n) is 16.1. The van der Waals surface area contributed by atoms with Crippen LogP contribution in [0.5, 0.6) is 5.75 Å². The Kier molecular flexibility index (Phi) is 5.79. The van der Waals surface area contributed by atoms with Crippen molar-refractivity contribution in [3.05, 3.63) is 59.2 Å². The fourth-order valence-corrected chi connectivity index (χ4v) is 3.57. The number of likely N-dealkylation sites (tertiary alicyclic amines) is 1. The molecule has 2 amide bonds. The highest BCUT2D eigenvalue weighted by molar-refractivity contribution is 5.97. The zero-order chi connectivity index (χ0) is 19.4. The highest BCUT2D eigenvalue weighted by Gasteiger charge is 2.29. The summed E-state index contributed by atoms with van der Waals surface area (Å²) in [4.78, 5) is 27.3. The molecule has 0 atom stereocenters. The lowest BCUT2D eigenvalue weighted by Crippen LogP contribution is -2.41. The number of hydrogen-bond acceptors (Lipinski definition) is 3. The van der Waals surface area contributed by atoms with E-state index >= 15 is 0 Å². The second kappa shape index (κ2) is 8.25. The highest BCUT2D eigenvalue weighted by atomic mass is 16.5. The Balaban J connectivity index is 1.61. The average Bonchev–Trinajstić information content (AvgIpc) is 2.70. The van der Waals surface area contributed by atoms with E-state index in [2.05, 4.69) is 5.32 Å². The number of ether oxygens (including phenoxy) is 1. The van der Waals surface area contributed by atoms with Crippen LogP contribution in [0.15, 0.2) is 42.5 Å². The summed E-state index contributed by atoms with van der Waals surface area (Å²) in [5.41, 5.74) is 3.59. The molecule has 3 rings (SSSR count). The Morgan fingerprint density at radius 2 is 1.63 bits per heavy atom. The van der Waals surface area contributed by atoms with Crippen LogP contribution in [0.1, 0.15) is 34.3 Å². The summed E-state index contributed by atoms with van der Waals surface area (Å²) in [6, 6.07) is 13.2. The fourth-order valence-electron chi connectivity index (χ4n) is 3.57. The van der Waals surface area contributed by atoms with Gasteiger partial charge in [-0.25, -0.2) is 0 Å². The maximum Gasteiger partial charge on any atom is 0.257 e. The fraction of sp³-hybridized carbons (Fsp3) is 0.364. The SMILES string of the molecule is COc1ccccc1C(=O)N1CCC(C(=O)Nc2c(C)cccc2C)CC1. The molecule has 0 unspecified atom stereocenters. The molecule has 27 heavy (non-hydrogen) atoms. The molecule has 5 nitrogen and oxygen atoms in total. The molecule has 2 aromatic carbocycles. The number of benzene rings is 2. The highest BCUT2D eigenvalue weighted by Crippen LogP contribution is 2.26. The van der Waals surface area contributed by atoms with Gasteiger partial charge in [0.25, 0.3) is 5.91 Å². The van der Waals surface area contributed by atoms with Crippen LogP contribution in [0, 0.1) is 19.8 Å². The molecule has 0 saturated carbocycles. The first kappa shape index (κ1) is 19.0. The molecule has 1 aliphatic heterocycles. The molecule has 1 saturated heterocycles. The standard InChI is InChI=1S/C22H26N2O3/c1-15-7-6-8-16(2)20(15)23-21(25)17-11-13-24(14-12-17)22(26)18-9-4-5-10-19(18)27-3/h4-10,17H,11-14H2,1-3H3,(H,23,25). The molecule has 0 bridgehead atoms. The lowest BCUT2D eigenvalue weighted by molar-refractivity contribution is -0.121. The van der Waals surface area contributed by atoms with E-state index in [-0.39, 0.29) is 17.7 Å². The third-order valence-electron chi connectivity index (χ3n) is 5.22. The third-order valence-corrected chi connectivity index (χ3v) is 5.22. The molecule has 0 aromatic heterocycles. The number of para-hydroxylation sites is 2. The van der Waals surface area contributed by atoms with Crippen LogP contribution in [0.3, 0.4) is 0 Å². The van der Waals surface area contributed by atoms with Gasteiger partial charge in [-0.05, 0) is 49.9 Å². The number of piperidine rings is 1. The van der Waals surface area contributed by atoms with Crippen LogP contribution in [-0.2, 0) is 4.79 Å². The number of amides is 2. The Labute approximate surface area is 160 Å². The van der Waals surface area contributed by atoms with Gasteiger partial charge < -0.3 is 15.0 Å². The molecule has 1 heterocycles. The minimum Gasteiger partial charge on any atom is -0.496 e. The van der Waals surface area contributed by atoms with Gasteiger partial charge in [-0.3, -0.25) is 9.59 Å². The van der Waals surface area contributed by atoms with E-state index < -0.39 is 0 Å². The van der Waals surface area contributed by atoms with Gasteiger partial charge in [0, 0.05) is 24.7 Å². The third kappa shape index (κ3) is 4.13. The predicted molar refractivity (Wildman–Crippen MR) is 106 cm³/mol. The zero-order valence-corrected chi connectivity index (χ0v) is 16.1. The Morgan fingerprint density at radius 3 is 2.26 bits per heavy atom. The van der Waals surface area contributed by atoms with Gasteiger partial charge in [-0.2, -0.15) is 0 Å². The summed E-state index contributed by atoms with van der Waals surface area (Å²) in [5.74, 6) is 0.501. The normalized spacial score (nSPS) is 14.7. The lowest BCUT2D eigenvalue weighted by atomic mass is 9.95. The van der Waals surface area contributed by atoms with Crippen molar-refractivity contribution in [3.8, 4) is 5.75 Å². The number of carbonyl (C=O) groups excluding carboxylic acids is 2. The molecule has 142 valence electrons. The summed E-state index contributed by atoms with van der Waals surface area (Å²) >= 11 is 0. The van der Waals surface area contributed by atoms with Crippen molar-refractivity contribution in [3.63, 3.8) is 0 Å².